The molecule has 0 aromatic carbocycles. The van der Waals surface area contributed by atoms with E-state index in [1.807, 2.05) is 0 Å². The second kappa shape index (κ2) is 38.5. The van der Waals surface area contributed by atoms with Crippen LogP contribution in [0, 0.1) is 5.92 Å². The van der Waals surface area contributed by atoms with Gasteiger partial charge in [0, 0.05) is 0 Å². The molecule has 250 valence electrons. The molecule has 0 aliphatic heterocycles. The van der Waals surface area contributed by atoms with Crippen molar-refractivity contribution in [3.63, 3.8) is 0 Å². The molecule has 42 heavy (non-hydrogen) atoms. The Hall–Kier alpha value is -0.520. The van der Waals surface area contributed by atoms with Gasteiger partial charge in [0.15, 0.2) is 0 Å². The van der Waals surface area contributed by atoms with Gasteiger partial charge >= 0.3 is 0 Å². The molecule has 0 N–H and O–H groups in total. The molecule has 0 aromatic rings. The van der Waals surface area contributed by atoms with E-state index in [1.165, 1.54) is 218 Å². The lowest BCUT2D eigenvalue weighted by molar-refractivity contribution is 0.392. The van der Waals surface area contributed by atoms with Crippen molar-refractivity contribution in [1.82, 2.24) is 0 Å². The van der Waals surface area contributed by atoms with Crippen LogP contribution >= 0.6 is 0 Å². The quantitative estimate of drug-likeness (QED) is 0.0506. The molecule has 0 radical (unpaired) electrons. The second-order valence-corrected chi connectivity index (χ2v) is 13.8. The highest BCUT2D eigenvalue weighted by molar-refractivity contribution is 4.82. The Labute approximate surface area is 268 Å². The van der Waals surface area contributed by atoms with Gasteiger partial charge in [-0.2, -0.15) is 0 Å². The monoisotopic (exact) mass is 587 g/mol. The molecule has 0 bridgehead atoms. The molecule has 0 fully saturated rings. The molecule has 0 aromatic heterocycles. The van der Waals surface area contributed by atoms with Crippen LogP contribution in [-0.4, -0.2) is 0 Å². The third kappa shape index (κ3) is 35.7. The van der Waals surface area contributed by atoms with Crippen LogP contribution in [0.2, 0.25) is 0 Å². The first-order valence-corrected chi connectivity index (χ1v) is 20.1. The fourth-order valence-electron chi connectivity index (χ4n) is 6.44. The van der Waals surface area contributed by atoms with Crippen LogP contribution in [0.5, 0.6) is 0 Å². The predicted molar refractivity (Wildman–Crippen MR) is 196 cm³/mol. The minimum atomic E-state index is 1.00. The summed E-state index contributed by atoms with van der Waals surface area (Å²) >= 11 is 0. The van der Waals surface area contributed by atoms with Crippen molar-refractivity contribution in [2.75, 3.05) is 0 Å². The fourth-order valence-corrected chi connectivity index (χ4v) is 6.44. The van der Waals surface area contributed by atoms with Gasteiger partial charge in [0.1, 0.15) is 0 Å². The maximum Gasteiger partial charge on any atom is -0.0351 e. The Balaban J connectivity index is 3.32. The summed E-state index contributed by atoms with van der Waals surface area (Å²) in [6.07, 6.45) is 58.3. The number of rotatable bonds is 36. The van der Waals surface area contributed by atoms with E-state index in [4.69, 9.17) is 0 Å². The van der Waals surface area contributed by atoms with Gasteiger partial charge in [-0.3, -0.25) is 0 Å². The average Bonchev–Trinajstić information content (AvgIpc) is 3.00. The maximum absolute atomic E-state index is 2.45. The molecule has 1 atom stereocenters. The largest absolute Gasteiger partial charge is 0.0885 e. The van der Waals surface area contributed by atoms with Gasteiger partial charge in [0.05, 0.1) is 0 Å². The number of allylic oxidation sites excluding steroid dienone is 4. The van der Waals surface area contributed by atoms with Gasteiger partial charge in [0.2, 0.25) is 0 Å². The molecule has 0 spiro atoms. The number of hydrogen-bond donors (Lipinski definition) is 0. The molecule has 0 nitrogen and oxygen atoms in total. The van der Waals surface area contributed by atoms with Crippen LogP contribution in [0.3, 0.4) is 0 Å². The molecule has 0 saturated carbocycles. The van der Waals surface area contributed by atoms with E-state index < -0.39 is 0 Å². The lowest BCUT2D eigenvalue weighted by atomic mass is 9.92. The van der Waals surface area contributed by atoms with Crippen LogP contribution in [0.25, 0.3) is 0 Å². The molecule has 0 rings (SSSR count). The Morgan fingerprint density at radius 3 is 0.786 bits per heavy atom. The summed E-state index contributed by atoms with van der Waals surface area (Å²) in [6, 6.07) is 0. The van der Waals surface area contributed by atoms with E-state index in [0.29, 0.717) is 0 Å². The van der Waals surface area contributed by atoms with Gasteiger partial charge in [-0.15, -0.1) is 0 Å². The van der Waals surface area contributed by atoms with Crippen molar-refractivity contribution in [1.29, 1.82) is 0 Å². The SMILES string of the molecule is CCCCCCCC/C=C\CCCCCCCCCCC(CC)CCCCCCCCC/C=C\CCCCCCCC. The van der Waals surface area contributed by atoms with Crippen LogP contribution in [-0.2, 0) is 0 Å². The van der Waals surface area contributed by atoms with E-state index in [0.717, 1.165) is 5.92 Å². The second-order valence-electron chi connectivity index (χ2n) is 13.8. The highest BCUT2D eigenvalue weighted by atomic mass is 14.1. The van der Waals surface area contributed by atoms with Crippen molar-refractivity contribution in [2.45, 2.75) is 239 Å². The van der Waals surface area contributed by atoms with E-state index in [9.17, 15) is 0 Å². The first kappa shape index (κ1) is 41.5. The maximum atomic E-state index is 2.45. The number of hydrogen-bond acceptors (Lipinski definition) is 0. The third-order valence-corrected chi connectivity index (χ3v) is 9.58. The van der Waals surface area contributed by atoms with Crippen LogP contribution in [0.4, 0.5) is 0 Å². The van der Waals surface area contributed by atoms with Gasteiger partial charge in [-0.05, 0) is 57.3 Å². The Kier molecular flexibility index (Phi) is 38.0. The summed E-state index contributed by atoms with van der Waals surface area (Å²) in [5.41, 5.74) is 0. The summed E-state index contributed by atoms with van der Waals surface area (Å²) in [6.45, 7) is 7.03. The Morgan fingerprint density at radius 1 is 0.286 bits per heavy atom. The van der Waals surface area contributed by atoms with E-state index in [1.54, 1.807) is 0 Å². The van der Waals surface area contributed by atoms with Gasteiger partial charge in [-0.25, -0.2) is 0 Å². The predicted octanol–water partition coefficient (Wildman–Crippen LogP) is 16.0. The highest BCUT2D eigenvalue weighted by Crippen LogP contribution is 2.22. The molecule has 0 heteroatoms. The van der Waals surface area contributed by atoms with Crippen molar-refractivity contribution >= 4 is 0 Å². The van der Waals surface area contributed by atoms with E-state index in [2.05, 4.69) is 45.1 Å². The van der Waals surface area contributed by atoms with E-state index in [-0.39, 0.29) is 0 Å². The molecule has 0 amide bonds. The third-order valence-electron chi connectivity index (χ3n) is 9.58. The molecular formula is C42H82. The Morgan fingerprint density at radius 2 is 0.524 bits per heavy atom. The van der Waals surface area contributed by atoms with Crippen molar-refractivity contribution in [2.24, 2.45) is 5.92 Å². The first-order valence-electron chi connectivity index (χ1n) is 20.1. The molecule has 0 aliphatic carbocycles. The molecule has 1 unspecified atom stereocenters. The first-order chi connectivity index (χ1) is 20.8. The minimum Gasteiger partial charge on any atom is -0.0885 e. The molecular weight excluding hydrogens is 504 g/mol. The lowest BCUT2D eigenvalue weighted by Gasteiger charge is -2.14. The normalized spacial score (nSPS) is 12.7. The summed E-state index contributed by atoms with van der Waals surface area (Å²) in [5.74, 6) is 1.00. The Bertz CT molecular complexity index is 514. The van der Waals surface area contributed by atoms with Crippen LogP contribution < -0.4 is 0 Å². The van der Waals surface area contributed by atoms with Crippen molar-refractivity contribution < 1.29 is 0 Å². The van der Waals surface area contributed by atoms with Gasteiger partial charge < -0.3 is 0 Å². The lowest BCUT2D eigenvalue weighted by Crippen LogP contribution is -1.99. The summed E-state index contributed by atoms with van der Waals surface area (Å²) < 4.78 is 0. The summed E-state index contributed by atoms with van der Waals surface area (Å²) in [4.78, 5) is 0. The van der Waals surface area contributed by atoms with E-state index >= 15 is 0 Å². The van der Waals surface area contributed by atoms with Gasteiger partial charge in [0.25, 0.3) is 0 Å². The number of unbranched alkanes of at least 4 members (excludes halogenated alkanes) is 27. The zero-order chi connectivity index (χ0) is 30.4. The highest BCUT2D eigenvalue weighted by Gasteiger charge is 2.06. The van der Waals surface area contributed by atoms with Gasteiger partial charge in [-0.1, -0.05) is 212 Å². The average molecular weight is 587 g/mol. The molecule has 0 heterocycles. The van der Waals surface area contributed by atoms with Crippen LogP contribution in [0.1, 0.15) is 239 Å². The minimum absolute atomic E-state index is 1.00. The zero-order valence-corrected chi connectivity index (χ0v) is 29.9. The topological polar surface area (TPSA) is 0 Å². The van der Waals surface area contributed by atoms with Crippen molar-refractivity contribution in [3.8, 4) is 0 Å². The molecule has 0 aliphatic rings. The van der Waals surface area contributed by atoms with Crippen LogP contribution in [0.15, 0.2) is 24.3 Å². The molecule has 0 saturated heterocycles. The summed E-state index contributed by atoms with van der Waals surface area (Å²) in [7, 11) is 0. The smallest absolute Gasteiger partial charge is 0.0351 e. The fraction of sp³-hybridized carbons (Fsp3) is 0.905. The van der Waals surface area contributed by atoms with Crippen molar-refractivity contribution in [3.05, 3.63) is 24.3 Å². The standard InChI is InChI=1S/C42H82/c1-4-7-9-11-13-15-17-19-21-23-25-27-29-31-33-35-37-39-41-42(6-3)40-38-36-34-32-30-28-26-24-22-20-18-16-14-12-10-8-5-2/h19-22,42H,4-18,23-41H2,1-3H3/b21-19-,22-20-. The zero-order valence-electron chi connectivity index (χ0n) is 29.9. The summed E-state index contributed by atoms with van der Waals surface area (Å²) in [5, 5.41) is 0.